The highest BCUT2D eigenvalue weighted by Gasteiger charge is 2.10. The fourth-order valence-electron chi connectivity index (χ4n) is 0.802. The number of carbonyl (C=O) groups excluding carboxylic acids is 1. The van der Waals surface area contributed by atoms with Gasteiger partial charge in [-0.1, -0.05) is 0 Å². The molecule has 2 nitrogen and oxygen atoms in total. The Balaban J connectivity index is 2.98. The van der Waals surface area contributed by atoms with Gasteiger partial charge in [-0.2, -0.15) is 0 Å². The quantitative estimate of drug-likeness (QED) is 0.656. The number of halogens is 4. The van der Waals surface area contributed by atoms with Crippen molar-refractivity contribution in [3.63, 3.8) is 0 Å². The minimum atomic E-state index is -0.725. The molecular weight excluding hydrogens is 279 g/mol. The highest BCUT2D eigenvalue weighted by Crippen LogP contribution is 2.23. The zero-order valence-corrected chi connectivity index (χ0v) is 9.12. The van der Waals surface area contributed by atoms with E-state index >= 15 is 0 Å². The summed E-state index contributed by atoms with van der Waals surface area (Å²) in [6.07, 6.45) is 0. The molecule has 0 aromatic heterocycles. The highest BCUT2D eigenvalue weighted by atomic mass is 79.9. The molecule has 0 aliphatic rings. The monoisotopic (exact) mass is 283 g/mol. The Bertz CT molecular complexity index is 373. The summed E-state index contributed by atoms with van der Waals surface area (Å²) < 4.78 is 26.0. The first-order valence-corrected chi connectivity index (χ1v) is 4.87. The van der Waals surface area contributed by atoms with Crippen LogP contribution in [0.3, 0.4) is 0 Å². The third-order valence-corrected chi connectivity index (χ3v) is 2.26. The van der Waals surface area contributed by atoms with E-state index < -0.39 is 17.5 Å². The lowest BCUT2D eigenvalue weighted by atomic mass is 10.3. The van der Waals surface area contributed by atoms with Crippen molar-refractivity contribution in [3.8, 4) is 0 Å². The van der Waals surface area contributed by atoms with Crippen LogP contribution in [0.25, 0.3) is 0 Å². The number of amides is 1. The SMILES string of the molecule is O=C(CCl)Nc1cc(F)c(Br)cc1F. The molecule has 0 spiro atoms. The number of benzene rings is 1. The van der Waals surface area contributed by atoms with Crippen molar-refractivity contribution in [1.82, 2.24) is 0 Å². The normalized spacial score (nSPS) is 10.0. The molecule has 0 saturated carbocycles. The number of rotatable bonds is 2. The van der Waals surface area contributed by atoms with E-state index in [9.17, 15) is 13.6 Å². The lowest BCUT2D eigenvalue weighted by Gasteiger charge is -2.05. The van der Waals surface area contributed by atoms with E-state index in [1.807, 2.05) is 0 Å². The lowest BCUT2D eigenvalue weighted by Crippen LogP contribution is -2.13. The van der Waals surface area contributed by atoms with Gasteiger partial charge in [0.1, 0.15) is 17.5 Å². The van der Waals surface area contributed by atoms with Gasteiger partial charge in [0.25, 0.3) is 0 Å². The van der Waals surface area contributed by atoms with Crippen molar-refractivity contribution in [2.24, 2.45) is 0 Å². The molecular formula is C8H5BrClF2NO. The highest BCUT2D eigenvalue weighted by molar-refractivity contribution is 9.10. The zero-order chi connectivity index (χ0) is 10.7. The number of alkyl halides is 1. The van der Waals surface area contributed by atoms with Crippen LogP contribution in [0.1, 0.15) is 0 Å². The molecule has 1 N–H and O–H groups in total. The van der Waals surface area contributed by atoms with E-state index in [1.165, 1.54) is 0 Å². The Morgan fingerprint density at radius 3 is 2.64 bits per heavy atom. The fourth-order valence-corrected chi connectivity index (χ4v) is 1.18. The molecule has 0 bridgehead atoms. The molecule has 0 fully saturated rings. The smallest absolute Gasteiger partial charge is 0.239 e. The van der Waals surface area contributed by atoms with E-state index in [0.717, 1.165) is 12.1 Å². The first-order chi connectivity index (χ1) is 6.54. The predicted molar refractivity (Wildman–Crippen MR) is 53.4 cm³/mol. The molecule has 0 radical (unpaired) electrons. The van der Waals surface area contributed by atoms with Crippen LogP contribution in [0.15, 0.2) is 16.6 Å². The Hall–Kier alpha value is -0.680. The Kier molecular flexibility index (Phi) is 3.83. The van der Waals surface area contributed by atoms with Gasteiger partial charge in [0.2, 0.25) is 5.91 Å². The molecule has 0 atom stereocenters. The summed E-state index contributed by atoms with van der Waals surface area (Å²) in [5.74, 6) is -2.28. The topological polar surface area (TPSA) is 29.1 Å². The first-order valence-electron chi connectivity index (χ1n) is 3.55. The molecule has 76 valence electrons. The molecule has 1 amide bonds. The molecule has 6 heteroatoms. The number of anilines is 1. The summed E-state index contributed by atoms with van der Waals surface area (Å²) in [6, 6.07) is 1.81. The van der Waals surface area contributed by atoms with Crippen LogP contribution in [-0.4, -0.2) is 11.8 Å². The fraction of sp³-hybridized carbons (Fsp3) is 0.125. The van der Waals surface area contributed by atoms with Crippen LogP contribution in [-0.2, 0) is 4.79 Å². The van der Waals surface area contributed by atoms with Gasteiger partial charge in [0.15, 0.2) is 0 Å². The van der Waals surface area contributed by atoms with Crippen LogP contribution < -0.4 is 5.32 Å². The maximum absolute atomic E-state index is 13.1. The minimum Gasteiger partial charge on any atom is -0.322 e. The van der Waals surface area contributed by atoms with E-state index in [4.69, 9.17) is 11.6 Å². The molecule has 14 heavy (non-hydrogen) atoms. The summed E-state index contributed by atoms with van der Waals surface area (Å²) in [5, 5.41) is 2.12. The van der Waals surface area contributed by atoms with Crippen molar-refractivity contribution >= 4 is 39.1 Å². The third-order valence-electron chi connectivity index (χ3n) is 1.41. The summed E-state index contributed by atoms with van der Waals surface area (Å²) in [4.78, 5) is 10.8. The van der Waals surface area contributed by atoms with Crippen LogP contribution >= 0.6 is 27.5 Å². The first kappa shape index (κ1) is 11.4. The van der Waals surface area contributed by atoms with Gasteiger partial charge in [-0.05, 0) is 22.0 Å². The number of carbonyl (C=O) groups is 1. The predicted octanol–water partition coefficient (Wildman–Crippen LogP) is 2.90. The van der Waals surface area contributed by atoms with Crippen LogP contribution in [0.5, 0.6) is 0 Å². The van der Waals surface area contributed by atoms with Gasteiger partial charge >= 0.3 is 0 Å². The van der Waals surface area contributed by atoms with Gasteiger partial charge in [-0.3, -0.25) is 4.79 Å². The van der Waals surface area contributed by atoms with Gasteiger partial charge in [0, 0.05) is 6.07 Å². The number of hydrogen-bond acceptors (Lipinski definition) is 1. The maximum atomic E-state index is 13.1. The molecule has 1 aromatic rings. The Morgan fingerprint density at radius 1 is 1.43 bits per heavy atom. The molecule has 0 aliphatic heterocycles. The average molecular weight is 284 g/mol. The third kappa shape index (κ3) is 2.65. The van der Waals surface area contributed by atoms with E-state index in [0.29, 0.717) is 0 Å². The molecule has 0 heterocycles. The standard InChI is InChI=1S/C8H5BrClF2NO/c9-4-1-6(12)7(2-5(4)11)13-8(14)3-10/h1-2H,3H2,(H,13,14). The summed E-state index contributed by atoms with van der Waals surface area (Å²) in [7, 11) is 0. The van der Waals surface area contributed by atoms with E-state index in [1.54, 1.807) is 0 Å². The van der Waals surface area contributed by atoms with Gasteiger partial charge in [0.05, 0.1) is 10.2 Å². The van der Waals surface area contributed by atoms with Gasteiger partial charge in [-0.15, -0.1) is 11.6 Å². The maximum Gasteiger partial charge on any atom is 0.239 e. The molecule has 0 saturated heterocycles. The van der Waals surface area contributed by atoms with Crippen LogP contribution in [0, 0.1) is 11.6 Å². The largest absolute Gasteiger partial charge is 0.322 e. The summed E-state index contributed by atoms with van der Waals surface area (Å²) in [6.45, 7) is 0. The molecule has 0 unspecified atom stereocenters. The van der Waals surface area contributed by atoms with Crippen molar-refractivity contribution in [2.45, 2.75) is 0 Å². The minimum absolute atomic E-state index is 0.00104. The van der Waals surface area contributed by atoms with E-state index in [2.05, 4.69) is 21.2 Å². The molecule has 0 aliphatic carbocycles. The van der Waals surface area contributed by atoms with Crippen molar-refractivity contribution in [3.05, 3.63) is 28.2 Å². The van der Waals surface area contributed by atoms with E-state index in [-0.39, 0.29) is 16.0 Å². The van der Waals surface area contributed by atoms with Crippen molar-refractivity contribution in [2.75, 3.05) is 11.2 Å². The van der Waals surface area contributed by atoms with Crippen LogP contribution in [0.2, 0.25) is 0 Å². The zero-order valence-electron chi connectivity index (χ0n) is 6.78. The lowest BCUT2D eigenvalue weighted by molar-refractivity contribution is -0.113. The molecule has 1 aromatic carbocycles. The van der Waals surface area contributed by atoms with Gasteiger partial charge in [-0.25, -0.2) is 8.78 Å². The Labute approximate surface area is 92.4 Å². The summed E-state index contributed by atoms with van der Waals surface area (Å²) >= 11 is 8.00. The van der Waals surface area contributed by atoms with Crippen molar-refractivity contribution in [1.29, 1.82) is 0 Å². The second kappa shape index (κ2) is 4.70. The van der Waals surface area contributed by atoms with Crippen molar-refractivity contribution < 1.29 is 13.6 Å². The number of nitrogens with one attached hydrogen (secondary N) is 1. The Morgan fingerprint density at radius 2 is 2.07 bits per heavy atom. The number of hydrogen-bond donors (Lipinski definition) is 1. The molecule has 1 rings (SSSR count). The van der Waals surface area contributed by atoms with Crippen LogP contribution in [0.4, 0.5) is 14.5 Å². The van der Waals surface area contributed by atoms with Gasteiger partial charge < -0.3 is 5.32 Å². The summed E-state index contributed by atoms with van der Waals surface area (Å²) in [5.41, 5.74) is -0.226. The second-order valence-electron chi connectivity index (χ2n) is 2.43. The second-order valence-corrected chi connectivity index (χ2v) is 3.55. The average Bonchev–Trinajstić information content (AvgIpc) is 2.14.